The monoisotopic (exact) mass is 330 g/mol. The van der Waals surface area contributed by atoms with E-state index in [1.807, 2.05) is 0 Å². The van der Waals surface area contributed by atoms with Crippen molar-refractivity contribution in [1.29, 1.82) is 0 Å². The smallest absolute Gasteiger partial charge is 0.133 e. The highest BCUT2D eigenvalue weighted by Crippen LogP contribution is 2.68. The molecule has 1 nitrogen and oxygen atoms in total. The molecule has 0 amide bonds. The van der Waals surface area contributed by atoms with E-state index in [1.165, 1.54) is 51.4 Å². The Morgan fingerprint density at radius 3 is 2.50 bits per heavy atom. The van der Waals surface area contributed by atoms with Gasteiger partial charge in [-0.15, -0.1) is 0 Å². The van der Waals surface area contributed by atoms with E-state index in [9.17, 15) is 4.79 Å². The summed E-state index contributed by atoms with van der Waals surface area (Å²) in [6.07, 6.45) is 13.0. The predicted octanol–water partition coefficient (Wildman–Crippen LogP) is 6.26. The molecule has 0 spiro atoms. The lowest BCUT2D eigenvalue weighted by atomic mass is 9.44. The Labute approximate surface area is 149 Å². The van der Waals surface area contributed by atoms with E-state index in [2.05, 4.69) is 27.7 Å². The third-order valence-corrected chi connectivity index (χ3v) is 9.89. The number of Topliss-reactive ketones (excluding diaryl/α,β-unsaturated/α-hetero) is 1. The molecule has 4 aliphatic rings. The maximum atomic E-state index is 12.0. The highest BCUT2D eigenvalue weighted by molar-refractivity contribution is 5.79. The molecule has 4 saturated carbocycles. The van der Waals surface area contributed by atoms with Gasteiger partial charge in [0.25, 0.3) is 0 Å². The fourth-order valence-electron chi connectivity index (χ4n) is 8.31. The first-order valence-corrected chi connectivity index (χ1v) is 10.9. The average molecular weight is 331 g/mol. The van der Waals surface area contributed by atoms with Gasteiger partial charge in [-0.25, -0.2) is 0 Å². The van der Waals surface area contributed by atoms with Gasteiger partial charge >= 0.3 is 0 Å². The first-order valence-electron chi connectivity index (χ1n) is 10.9. The molecule has 4 fully saturated rings. The van der Waals surface area contributed by atoms with Crippen LogP contribution in [0.1, 0.15) is 91.9 Å². The molecule has 0 aromatic rings. The zero-order valence-corrected chi connectivity index (χ0v) is 16.4. The second-order valence-electron chi connectivity index (χ2n) is 10.5. The highest BCUT2D eigenvalue weighted by atomic mass is 16.1. The van der Waals surface area contributed by atoms with Crippen LogP contribution in [0, 0.1) is 46.3 Å². The normalized spacial score (nSPS) is 52.3. The fourth-order valence-corrected chi connectivity index (χ4v) is 8.31. The van der Waals surface area contributed by atoms with Gasteiger partial charge in [-0.1, -0.05) is 34.1 Å². The van der Waals surface area contributed by atoms with Gasteiger partial charge in [-0.05, 0) is 91.3 Å². The van der Waals surface area contributed by atoms with Crippen molar-refractivity contribution in [2.45, 2.75) is 91.9 Å². The van der Waals surface area contributed by atoms with Crippen molar-refractivity contribution in [2.24, 2.45) is 46.3 Å². The third kappa shape index (κ3) is 2.28. The lowest BCUT2D eigenvalue weighted by Gasteiger charge is -2.60. The van der Waals surface area contributed by atoms with E-state index in [0.29, 0.717) is 22.5 Å². The molecule has 0 aromatic carbocycles. The van der Waals surface area contributed by atoms with Gasteiger partial charge in [0.15, 0.2) is 0 Å². The molecule has 1 heteroatoms. The number of hydrogen-bond donors (Lipinski definition) is 0. The van der Waals surface area contributed by atoms with Gasteiger partial charge in [0.2, 0.25) is 0 Å². The number of carbonyl (C=O) groups is 1. The summed E-state index contributed by atoms with van der Waals surface area (Å²) in [5, 5.41) is 0. The van der Waals surface area contributed by atoms with Crippen molar-refractivity contribution in [2.75, 3.05) is 0 Å². The van der Waals surface area contributed by atoms with Crippen LogP contribution in [0.3, 0.4) is 0 Å². The van der Waals surface area contributed by atoms with Crippen LogP contribution in [0.5, 0.6) is 0 Å². The highest BCUT2D eigenvalue weighted by Gasteiger charge is 2.60. The summed E-state index contributed by atoms with van der Waals surface area (Å²) in [6.45, 7) is 10.1. The second-order valence-corrected chi connectivity index (χ2v) is 10.5. The van der Waals surface area contributed by atoms with Crippen molar-refractivity contribution in [3.63, 3.8) is 0 Å². The minimum Gasteiger partial charge on any atom is -0.300 e. The summed E-state index contributed by atoms with van der Waals surface area (Å²) >= 11 is 0. The molecule has 4 aliphatic carbocycles. The molecular weight excluding hydrogens is 292 g/mol. The number of ketones is 1. The Balaban J connectivity index is 1.60. The molecule has 0 aliphatic heterocycles. The Morgan fingerprint density at radius 1 is 1.00 bits per heavy atom. The molecule has 0 aromatic heterocycles. The van der Waals surface area contributed by atoms with Gasteiger partial charge in [0, 0.05) is 12.8 Å². The summed E-state index contributed by atoms with van der Waals surface area (Å²) in [7, 11) is 0. The van der Waals surface area contributed by atoms with Gasteiger partial charge in [0.05, 0.1) is 0 Å². The number of hydrogen-bond acceptors (Lipinski definition) is 1. The van der Waals surface area contributed by atoms with Crippen LogP contribution in [-0.4, -0.2) is 5.78 Å². The van der Waals surface area contributed by atoms with E-state index < -0.39 is 0 Å². The van der Waals surface area contributed by atoms with Crippen LogP contribution in [0.25, 0.3) is 0 Å². The quantitative estimate of drug-likeness (QED) is 0.584. The first kappa shape index (κ1) is 17.1. The first-order chi connectivity index (χ1) is 11.4. The van der Waals surface area contributed by atoms with Crippen molar-refractivity contribution in [3.8, 4) is 0 Å². The molecule has 0 heterocycles. The van der Waals surface area contributed by atoms with Crippen LogP contribution < -0.4 is 0 Å². The van der Waals surface area contributed by atoms with Crippen molar-refractivity contribution < 1.29 is 4.79 Å². The topological polar surface area (TPSA) is 17.1 Å². The zero-order valence-electron chi connectivity index (χ0n) is 16.4. The standard InChI is InChI=1S/C23H38O/c1-5-15(2)19-8-9-20-18-7-6-16-14-17(24)10-12-22(16,3)21(18)11-13-23(19,20)4/h15-16,18-21H,5-14H2,1-4H3/t15-,16-,18?,19-,20?,21?,22+,23-/m1/s1. The lowest BCUT2D eigenvalue weighted by molar-refractivity contribution is -0.140. The van der Waals surface area contributed by atoms with Crippen LogP contribution in [-0.2, 0) is 4.79 Å². The zero-order chi connectivity index (χ0) is 17.1. The summed E-state index contributed by atoms with van der Waals surface area (Å²) in [6, 6.07) is 0. The summed E-state index contributed by atoms with van der Waals surface area (Å²) < 4.78 is 0. The van der Waals surface area contributed by atoms with Crippen LogP contribution in [0.15, 0.2) is 0 Å². The molecule has 3 unspecified atom stereocenters. The minimum absolute atomic E-state index is 0.479. The Bertz CT molecular complexity index is 510. The molecule has 136 valence electrons. The predicted molar refractivity (Wildman–Crippen MR) is 99.7 cm³/mol. The Morgan fingerprint density at radius 2 is 1.75 bits per heavy atom. The van der Waals surface area contributed by atoms with E-state index in [4.69, 9.17) is 0 Å². The molecule has 8 atom stereocenters. The van der Waals surface area contributed by atoms with E-state index in [1.54, 1.807) is 0 Å². The SMILES string of the molecule is CC[C@@H](C)[C@H]1CCC2C3CC[C@@H]4CC(=O)CC[C@]4(C)C3CC[C@@]21C. The van der Waals surface area contributed by atoms with Gasteiger partial charge in [0.1, 0.15) is 5.78 Å². The maximum Gasteiger partial charge on any atom is 0.133 e. The van der Waals surface area contributed by atoms with Crippen LogP contribution in [0.2, 0.25) is 0 Å². The van der Waals surface area contributed by atoms with Gasteiger partial charge < -0.3 is 0 Å². The molecule has 4 rings (SSSR count). The molecule has 24 heavy (non-hydrogen) atoms. The number of rotatable bonds is 2. The van der Waals surface area contributed by atoms with Gasteiger partial charge in [-0.3, -0.25) is 4.79 Å². The third-order valence-electron chi connectivity index (χ3n) is 9.89. The molecule has 0 radical (unpaired) electrons. The molecular formula is C23H38O. The van der Waals surface area contributed by atoms with E-state index in [0.717, 1.165) is 42.4 Å². The minimum atomic E-state index is 0.479. The summed E-state index contributed by atoms with van der Waals surface area (Å²) in [5.41, 5.74) is 1.09. The van der Waals surface area contributed by atoms with E-state index >= 15 is 0 Å². The lowest BCUT2D eigenvalue weighted by Crippen LogP contribution is -2.53. The van der Waals surface area contributed by atoms with Crippen molar-refractivity contribution >= 4 is 5.78 Å². The van der Waals surface area contributed by atoms with Crippen molar-refractivity contribution in [3.05, 3.63) is 0 Å². The summed E-state index contributed by atoms with van der Waals surface area (Å²) in [4.78, 5) is 12.0. The average Bonchev–Trinajstić information content (AvgIpc) is 2.92. The summed E-state index contributed by atoms with van der Waals surface area (Å²) in [5.74, 6) is 5.98. The van der Waals surface area contributed by atoms with Gasteiger partial charge in [-0.2, -0.15) is 0 Å². The molecule has 0 saturated heterocycles. The molecule has 0 bridgehead atoms. The molecule has 0 N–H and O–H groups in total. The number of carbonyl (C=O) groups excluding carboxylic acids is 1. The maximum absolute atomic E-state index is 12.0. The Kier molecular flexibility index (Phi) is 4.17. The second kappa shape index (κ2) is 5.85. The number of fused-ring (bicyclic) bond motifs is 5. The van der Waals surface area contributed by atoms with E-state index in [-0.39, 0.29) is 0 Å². The largest absolute Gasteiger partial charge is 0.300 e. The fraction of sp³-hybridized carbons (Fsp3) is 0.957. The van der Waals surface area contributed by atoms with Crippen molar-refractivity contribution in [1.82, 2.24) is 0 Å². The van der Waals surface area contributed by atoms with Crippen LogP contribution in [0.4, 0.5) is 0 Å². The van der Waals surface area contributed by atoms with Crippen LogP contribution >= 0.6 is 0 Å². The Hall–Kier alpha value is -0.330.